The number of nitrogens with one attached hydrogen (secondary N) is 2. The zero-order valence-electron chi connectivity index (χ0n) is 9.26. The molecule has 0 aromatic heterocycles. The van der Waals surface area contributed by atoms with Crippen LogP contribution in [0.25, 0.3) is 0 Å². The Morgan fingerprint density at radius 2 is 2.41 bits per heavy atom. The summed E-state index contributed by atoms with van der Waals surface area (Å²) in [5, 5.41) is 13.7. The van der Waals surface area contributed by atoms with Crippen LogP contribution in [0.2, 0.25) is 0 Å². The van der Waals surface area contributed by atoms with Gasteiger partial charge in [0.05, 0.1) is 6.54 Å². The van der Waals surface area contributed by atoms with E-state index in [0.717, 1.165) is 0 Å². The molecule has 0 aromatic rings. The fourth-order valence-electron chi connectivity index (χ4n) is 1.26. The van der Waals surface area contributed by atoms with Gasteiger partial charge in [-0.25, -0.2) is 9.59 Å². The van der Waals surface area contributed by atoms with Gasteiger partial charge in [-0.2, -0.15) is 11.8 Å². The highest BCUT2D eigenvalue weighted by atomic mass is 32.2. The summed E-state index contributed by atoms with van der Waals surface area (Å²) in [5.74, 6) is -0.716. The van der Waals surface area contributed by atoms with Gasteiger partial charge in [0.2, 0.25) is 5.91 Å². The van der Waals surface area contributed by atoms with E-state index in [2.05, 4.69) is 10.6 Å². The van der Waals surface area contributed by atoms with Crippen LogP contribution in [0.3, 0.4) is 0 Å². The number of hydrogen-bond acceptors (Lipinski definition) is 5. The van der Waals surface area contributed by atoms with Crippen LogP contribution in [0.1, 0.15) is 6.92 Å². The van der Waals surface area contributed by atoms with E-state index < -0.39 is 18.1 Å². The third kappa shape index (κ3) is 4.94. The highest BCUT2D eigenvalue weighted by Crippen LogP contribution is 2.10. The second kappa shape index (κ2) is 6.33. The Morgan fingerprint density at radius 3 is 2.88 bits per heavy atom. The molecule has 0 aromatic carbocycles. The molecule has 1 fully saturated rings. The second-order valence-electron chi connectivity index (χ2n) is 3.54. The molecule has 1 aliphatic heterocycles. The summed E-state index contributed by atoms with van der Waals surface area (Å²) in [5.41, 5.74) is 0. The van der Waals surface area contributed by atoms with Gasteiger partial charge in [-0.3, -0.25) is 4.79 Å². The molecule has 0 aliphatic carbocycles. The zero-order valence-corrected chi connectivity index (χ0v) is 10.1. The van der Waals surface area contributed by atoms with Crippen molar-refractivity contribution < 1.29 is 24.2 Å². The maximum Gasteiger partial charge on any atom is 0.407 e. The van der Waals surface area contributed by atoms with E-state index in [1.165, 1.54) is 18.7 Å². The van der Waals surface area contributed by atoms with Crippen LogP contribution in [0.15, 0.2) is 0 Å². The summed E-state index contributed by atoms with van der Waals surface area (Å²) in [7, 11) is 0. The minimum absolute atomic E-state index is 0.237. The number of thioether (sulfide) groups is 1. The number of rotatable bonds is 6. The lowest BCUT2D eigenvalue weighted by Gasteiger charge is -2.13. The zero-order chi connectivity index (χ0) is 12.8. The Bertz CT molecular complexity index is 323. The summed E-state index contributed by atoms with van der Waals surface area (Å²) in [6.45, 7) is 1.70. The summed E-state index contributed by atoms with van der Waals surface area (Å²) in [6, 6.07) is -0.914. The molecule has 1 aliphatic rings. The molecule has 1 rings (SSSR count). The minimum Gasteiger partial charge on any atom is -0.480 e. The summed E-state index contributed by atoms with van der Waals surface area (Å²) < 4.78 is 4.88. The van der Waals surface area contributed by atoms with Gasteiger partial charge in [0.25, 0.3) is 0 Å². The summed E-state index contributed by atoms with van der Waals surface area (Å²) in [4.78, 5) is 32.3. The number of cyclic esters (lactones) is 1. The Labute approximate surface area is 102 Å². The molecule has 1 saturated heterocycles. The third-order valence-electron chi connectivity index (χ3n) is 2.01. The van der Waals surface area contributed by atoms with Crippen LogP contribution in [-0.2, 0) is 14.3 Å². The standard InChI is InChI=1S/C9H14N2O5S/c1-5(12)11-7(8(13)14)4-17-3-6-2-10-9(15)16-6/h6-7H,2-4H2,1H3,(H,10,15)(H,11,12)(H,13,14). The van der Waals surface area contributed by atoms with Crippen LogP contribution in [0.5, 0.6) is 0 Å². The molecule has 2 atom stereocenters. The monoisotopic (exact) mass is 262 g/mol. The molecule has 1 heterocycles. The SMILES string of the molecule is CC(=O)NC(CSCC1CNC(=O)O1)C(=O)O. The molecule has 0 bridgehead atoms. The maximum absolute atomic E-state index is 10.8. The number of hydrogen-bond donors (Lipinski definition) is 3. The minimum atomic E-state index is -1.07. The van der Waals surface area contributed by atoms with Gasteiger partial charge < -0.3 is 20.5 Å². The molecule has 96 valence electrons. The number of carboxylic acid groups (broad SMARTS) is 1. The molecule has 8 heteroatoms. The van der Waals surface area contributed by atoms with E-state index in [1.54, 1.807) is 0 Å². The molecule has 2 amide bonds. The van der Waals surface area contributed by atoms with Gasteiger partial charge in [-0.05, 0) is 0 Å². The van der Waals surface area contributed by atoms with Gasteiger partial charge in [0.1, 0.15) is 12.1 Å². The Hall–Kier alpha value is -1.44. The van der Waals surface area contributed by atoms with Crippen molar-refractivity contribution in [2.24, 2.45) is 0 Å². The molecule has 7 nitrogen and oxygen atoms in total. The first-order chi connectivity index (χ1) is 7.99. The largest absolute Gasteiger partial charge is 0.480 e. The van der Waals surface area contributed by atoms with Crippen molar-refractivity contribution in [3.05, 3.63) is 0 Å². The molecule has 17 heavy (non-hydrogen) atoms. The molecular formula is C9H14N2O5S. The Balaban J connectivity index is 2.25. The molecular weight excluding hydrogens is 248 g/mol. The van der Waals surface area contributed by atoms with Crippen molar-refractivity contribution >= 4 is 29.7 Å². The van der Waals surface area contributed by atoms with Gasteiger partial charge in [-0.1, -0.05) is 0 Å². The summed E-state index contributed by atoms with van der Waals surface area (Å²) in [6.07, 6.45) is -0.688. The molecule has 0 spiro atoms. The van der Waals surface area contributed by atoms with Crippen LogP contribution < -0.4 is 10.6 Å². The van der Waals surface area contributed by atoms with Gasteiger partial charge in [0, 0.05) is 18.4 Å². The number of aliphatic carboxylic acids is 1. The fraction of sp³-hybridized carbons (Fsp3) is 0.667. The molecule has 0 saturated carbocycles. The van der Waals surface area contributed by atoms with Gasteiger partial charge >= 0.3 is 12.1 Å². The average molecular weight is 262 g/mol. The fourth-order valence-corrected chi connectivity index (χ4v) is 2.31. The number of carbonyl (C=O) groups excluding carboxylic acids is 2. The predicted molar refractivity (Wildman–Crippen MR) is 60.8 cm³/mol. The second-order valence-corrected chi connectivity index (χ2v) is 4.61. The van der Waals surface area contributed by atoms with E-state index in [0.29, 0.717) is 12.3 Å². The van der Waals surface area contributed by atoms with Gasteiger partial charge in [-0.15, -0.1) is 0 Å². The number of amides is 2. The normalized spacial score (nSPS) is 20.3. The molecule has 0 radical (unpaired) electrons. The first kappa shape index (κ1) is 13.6. The van der Waals surface area contributed by atoms with Crippen molar-refractivity contribution in [1.82, 2.24) is 10.6 Å². The van der Waals surface area contributed by atoms with Crippen molar-refractivity contribution in [1.29, 1.82) is 0 Å². The van der Waals surface area contributed by atoms with Gasteiger partial charge in [0.15, 0.2) is 0 Å². The van der Waals surface area contributed by atoms with E-state index in [1.807, 2.05) is 0 Å². The summed E-state index contributed by atoms with van der Waals surface area (Å²) >= 11 is 1.32. The lowest BCUT2D eigenvalue weighted by Crippen LogP contribution is -2.41. The van der Waals surface area contributed by atoms with Crippen LogP contribution >= 0.6 is 11.8 Å². The first-order valence-corrected chi connectivity index (χ1v) is 6.16. The van der Waals surface area contributed by atoms with E-state index in [4.69, 9.17) is 9.84 Å². The van der Waals surface area contributed by atoms with E-state index >= 15 is 0 Å². The molecule has 3 N–H and O–H groups in total. The number of ether oxygens (including phenoxy) is 1. The van der Waals surface area contributed by atoms with Crippen LogP contribution in [-0.4, -0.2) is 53.3 Å². The lowest BCUT2D eigenvalue weighted by atomic mass is 10.3. The van der Waals surface area contributed by atoms with Crippen molar-refractivity contribution in [2.45, 2.75) is 19.1 Å². The topological polar surface area (TPSA) is 105 Å². The number of alkyl carbamates (subject to hydrolysis) is 1. The van der Waals surface area contributed by atoms with E-state index in [9.17, 15) is 14.4 Å². The predicted octanol–water partition coefficient (Wildman–Crippen LogP) is -0.583. The van der Waals surface area contributed by atoms with Crippen molar-refractivity contribution in [2.75, 3.05) is 18.1 Å². The lowest BCUT2D eigenvalue weighted by molar-refractivity contribution is -0.140. The highest BCUT2D eigenvalue weighted by molar-refractivity contribution is 7.99. The highest BCUT2D eigenvalue weighted by Gasteiger charge is 2.24. The number of carboxylic acids is 1. The van der Waals surface area contributed by atoms with Crippen molar-refractivity contribution in [3.63, 3.8) is 0 Å². The molecule has 2 unspecified atom stereocenters. The quantitative estimate of drug-likeness (QED) is 0.591. The Kier molecular flexibility index (Phi) is 5.08. The Morgan fingerprint density at radius 1 is 1.71 bits per heavy atom. The third-order valence-corrected chi connectivity index (χ3v) is 3.19. The maximum atomic E-state index is 10.8. The van der Waals surface area contributed by atoms with Crippen LogP contribution in [0, 0.1) is 0 Å². The smallest absolute Gasteiger partial charge is 0.407 e. The average Bonchev–Trinajstić information content (AvgIpc) is 2.62. The van der Waals surface area contributed by atoms with Crippen LogP contribution in [0.4, 0.5) is 4.79 Å². The number of carbonyl (C=O) groups is 3. The first-order valence-electron chi connectivity index (χ1n) is 5.01. The van der Waals surface area contributed by atoms with Crippen molar-refractivity contribution in [3.8, 4) is 0 Å². The van der Waals surface area contributed by atoms with E-state index in [-0.39, 0.29) is 17.8 Å².